The van der Waals surface area contributed by atoms with E-state index in [1.165, 1.54) is 0 Å². The number of carbonyl (C=O) groups is 2. The first-order chi connectivity index (χ1) is 13.2. The van der Waals surface area contributed by atoms with Crippen LogP contribution >= 0.6 is 0 Å². The number of rotatable bonds is 6. The van der Waals surface area contributed by atoms with Crippen LogP contribution in [0.4, 0.5) is 11.6 Å². The van der Waals surface area contributed by atoms with E-state index < -0.39 is 6.04 Å². The minimum atomic E-state index is -0.562. The van der Waals surface area contributed by atoms with Crippen molar-refractivity contribution in [2.24, 2.45) is 0 Å². The Morgan fingerprint density at radius 3 is 2.63 bits per heavy atom. The highest BCUT2D eigenvalue weighted by atomic mass is 16.2. The molecule has 0 radical (unpaired) electrons. The number of hydrogen-bond donors (Lipinski definition) is 1. The van der Waals surface area contributed by atoms with E-state index in [9.17, 15) is 9.59 Å². The fourth-order valence-electron chi connectivity index (χ4n) is 3.53. The van der Waals surface area contributed by atoms with Gasteiger partial charge >= 0.3 is 0 Å². The molecule has 2 aromatic carbocycles. The van der Waals surface area contributed by atoms with Gasteiger partial charge in [0.25, 0.3) is 5.91 Å². The molecule has 1 aromatic heterocycles. The summed E-state index contributed by atoms with van der Waals surface area (Å²) < 4.78 is 1.91. The number of aromatic nitrogens is 2. The fraction of sp³-hybridized carbons (Fsp3) is 0.286. The molecule has 0 aliphatic carbocycles. The minimum absolute atomic E-state index is 0.0556. The highest BCUT2D eigenvalue weighted by Crippen LogP contribution is 2.36. The molecule has 6 nitrogen and oxygen atoms in total. The average molecular weight is 362 g/mol. The van der Waals surface area contributed by atoms with E-state index in [-0.39, 0.29) is 18.2 Å². The summed E-state index contributed by atoms with van der Waals surface area (Å²) in [4.78, 5) is 32.0. The van der Waals surface area contributed by atoms with Crippen molar-refractivity contribution in [3.8, 4) is 0 Å². The van der Waals surface area contributed by atoms with Gasteiger partial charge < -0.3 is 5.32 Å². The van der Waals surface area contributed by atoms with E-state index in [0.717, 1.165) is 29.6 Å². The molecule has 27 heavy (non-hydrogen) atoms. The molecule has 6 heteroatoms. The Hall–Kier alpha value is -3.15. The third-order valence-electron chi connectivity index (χ3n) is 4.85. The molecule has 0 saturated heterocycles. The lowest BCUT2D eigenvalue weighted by atomic mass is 10.1. The first-order valence-corrected chi connectivity index (χ1v) is 9.32. The summed E-state index contributed by atoms with van der Waals surface area (Å²) in [6.07, 6.45) is 1.98. The minimum Gasteiger partial charge on any atom is -0.326 e. The number of nitrogens with one attached hydrogen (secondary N) is 1. The van der Waals surface area contributed by atoms with Gasteiger partial charge in [0, 0.05) is 12.2 Å². The Morgan fingerprint density at radius 2 is 1.85 bits per heavy atom. The summed E-state index contributed by atoms with van der Waals surface area (Å²) in [5.74, 6) is 0.410. The molecule has 1 atom stereocenters. The van der Waals surface area contributed by atoms with Crippen LogP contribution in [0.3, 0.4) is 0 Å². The first kappa shape index (κ1) is 17.3. The zero-order valence-electron chi connectivity index (χ0n) is 15.3. The Bertz CT molecular complexity index is 980. The molecule has 1 unspecified atom stereocenters. The lowest BCUT2D eigenvalue weighted by Crippen LogP contribution is -2.32. The fourth-order valence-corrected chi connectivity index (χ4v) is 3.53. The van der Waals surface area contributed by atoms with Crippen molar-refractivity contribution < 1.29 is 9.59 Å². The molecular formula is C21H22N4O2. The molecule has 2 heterocycles. The molecule has 1 aliphatic heterocycles. The molecule has 4 rings (SSSR count). The van der Waals surface area contributed by atoms with Crippen LogP contribution in [-0.2, 0) is 9.59 Å². The molecule has 1 aliphatic rings. The smallest absolute Gasteiger partial charge is 0.253 e. The number of anilines is 2. The van der Waals surface area contributed by atoms with Gasteiger partial charge in [0.05, 0.1) is 17.5 Å². The van der Waals surface area contributed by atoms with Crippen LogP contribution in [-0.4, -0.2) is 27.9 Å². The van der Waals surface area contributed by atoms with Crippen molar-refractivity contribution in [3.63, 3.8) is 0 Å². The predicted octanol–water partition coefficient (Wildman–Crippen LogP) is 3.75. The van der Waals surface area contributed by atoms with Crippen LogP contribution in [0, 0.1) is 0 Å². The van der Waals surface area contributed by atoms with E-state index in [2.05, 4.69) is 17.2 Å². The number of imidazole rings is 1. The second kappa shape index (κ2) is 7.23. The number of carbonyl (C=O) groups excluding carboxylic acids is 2. The van der Waals surface area contributed by atoms with Gasteiger partial charge in [-0.3, -0.25) is 19.1 Å². The van der Waals surface area contributed by atoms with Gasteiger partial charge in [-0.25, -0.2) is 4.98 Å². The van der Waals surface area contributed by atoms with E-state index in [1.54, 1.807) is 4.90 Å². The number of unbranched alkanes of at least 4 members (excludes halogenated alkanes) is 1. The van der Waals surface area contributed by atoms with E-state index >= 15 is 0 Å². The molecular weight excluding hydrogens is 340 g/mol. The molecule has 138 valence electrons. The normalized spacial score (nSPS) is 16.0. The van der Waals surface area contributed by atoms with Gasteiger partial charge in [-0.1, -0.05) is 43.7 Å². The average Bonchev–Trinajstić information content (AvgIpc) is 3.16. The Labute approximate surface area is 157 Å². The third-order valence-corrected chi connectivity index (χ3v) is 4.85. The van der Waals surface area contributed by atoms with Gasteiger partial charge in [0.2, 0.25) is 11.9 Å². The topological polar surface area (TPSA) is 67.2 Å². The number of nitrogens with zero attached hydrogens (tertiary/aromatic N) is 3. The highest BCUT2D eigenvalue weighted by Gasteiger charge is 2.40. The maximum absolute atomic E-state index is 13.0. The molecule has 3 aromatic rings. The molecule has 2 amide bonds. The third kappa shape index (κ3) is 3.18. The number of para-hydroxylation sites is 3. The summed E-state index contributed by atoms with van der Waals surface area (Å²) in [7, 11) is 0. The monoisotopic (exact) mass is 362 g/mol. The van der Waals surface area contributed by atoms with Gasteiger partial charge in [-0.2, -0.15) is 0 Å². The Balaban J connectivity index is 1.64. The maximum atomic E-state index is 13.0. The van der Waals surface area contributed by atoms with E-state index in [4.69, 9.17) is 0 Å². The zero-order chi connectivity index (χ0) is 18.8. The summed E-state index contributed by atoms with van der Waals surface area (Å²) in [5.41, 5.74) is 2.46. The number of benzene rings is 2. The quantitative estimate of drug-likeness (QED) is 0.726. The van der Waals surface area contributed by atoms with Crippen molar-refractivity contribution in [1.29, 1.82) is 0 Å². The molecule has 0 spiro atoms. The number of fused-ring (bicyclic) bond motifs is 3. The highest BCUT2D eigenvalue weighted by molar-refractivity contribution is 6.05. The first-order valence-electron chi connectivity index (χ1n) is 9.32. The number of amides is 2. The van der Waals surface area contributed by atoms with Crippen LogP contribution in [0.5, 0.6) is 0 Å². The van der Waals surface area contributed by atoms with Crippen molar-refractivity contribution in [1.82, 2.24) is 9.55 Å². The van der Waals surface area contributed by atoms with Crippen molar-refractivity contribution >= 4 is 34.5 Å². The van der Waals surface area contributed by atoms with Crippen molar-refractivity contribution in [2.75, 3.05) is 16.8 Å². The van der Waals surface area contributed by atoms with Crippen LogP contribution in [0.25, 0.3) is 11.0 Å². The second-order valence-electron chi connectivity index (χ2n) is 6.75. The summed E-state index contributed by atoms with van der Waals surface area (Å²) in [5, 5.41) is 2.88. The Kier molecular flexibility index (Phi) is 4.62. The van der Waals surface area contributed by atoms with E-state index in [1.807, 2.05) is 59.2 Å². The molecule has 0 bridgehead atoms. The summed E-state index contributed by atoms with van der Waals surface area (Å²) >= 11 is 0. The largest absolute Gasteiger partial charge is 0.326 e. The van der Waals surface area contributed by atoms with Gasteiger partial charge in [-0.05, 0) is 30.7 Å². The SMILES string of the molecule is CCCCN1C(=O)C(CC(=O)Nc2ccccc2)n2c1nc1ccccc12. The van der Waals surface area contributed by atoms with Crippen LogP contribution in [0.1, 0.15) is 32.2 Å². The zero-order valence-corrected chi connectivity index (χ0v) is 15.3. The molecule has 0 fully saturated rings. The van der Waals surface area contributed by atoms with Crippen molar-refractivity contribution in [3.05, 3.63) is 54.6 Å². The maximum Gasteiger partial charge on any atom is 0.253 e. The standard InChI is InChI=1S/C21H22N4O2/c1-2-3-13-24-20(27)18(14-19(26)22-15-9-5-4-6-10-15)25-17-12-8-7-11-16(17)23-21(24)25/h4-12,18H,2-3,13-14H2,1H3,(H,22,26). The van der Waals surface area contributed by atoms with Crippen LogP contribution in [0.15, 0.2) is 54.6 Å². The summed E-state index contributed by atoms with van der Waals surface area (Å²) in [6, 6.07) is 16.5. The van der Waals surface area contributed by atoms with Gasteiger partial charge in [0.15, 0.2) is 0 Å². The molecule has 1 N–H and O–H groups in total. The van der Waals surface area contributed by atoms with Crippen molar-refractivity contribution in [2.45, 2.75) is 32.2 Å². The molecule has 0 saturated carbocycles. The van der Waals surface area contributed by atoms with Crippen LogP contribution < -0.4 is 10.2 Å². The lowest BCUT2D eigenvalue weighted by Gasteiger charge is -2.15. The van der Waals surface area contributed by atoms with Crippen LogP contribution in [0.2, 0.25) is 0 Å². The van der Waals surface area contributed by atoms with E-state index in [0.29, 0.717) is 12.5 Å². The predicted molar refractivity (Wildman–Crippen MR) is 106 cm³/mol. The summed E-state index contributed by atoms with van der Waals surface area (Å²) in [6.45, 7) is 2.71. The second-order valence-corrected chi connectivity index (χ2v) is 6.75. The number of hydrogen-bond acceptors (Lipinski definition) is 3. The lowest BCUT2D eigenvalue weighted by molar-refractivity contribution is -0.124. The van der Waals surface area contributed by atoms with Gasteiger partial charge in [-0.15, -0.1) is 0 Å². The Morgan fingerprint density at radius 1 is 1.11 bits per heavy atom. The van der Waals surface area contributed by atoms with Gasteiger partial charge in [0.1, 0.15) is 6.04 Å².